The minimum absolute atomic E-state index is 0.0640. The normalized spacial score (nSPS) is 18.0. The van der Waals surface area contributed by atoms with E-state index in [9.17, 15) is 9.59 Å². The molecule has 0 aliphatic carbocycles. The molecule has 0 bridgehead atoms. The molecular weight excluding hydrogens is 282 g/mol. The predicted octanol–water partition coefficient (Wildman–Crippen LogP) is 1.93. The Morgan fingerprint density at radius 3 is 2.36 bits per heavy atom. The number of carbonyl (C=O) groups excluding carboxylic acids is 1. The maximum atomic E-state index is 11.9. The second-order valence-electron chi connectivity index (χ2n) is 5.60. The van der Waals surface area contributed by atoms with Gasteiger partial charge in [-0.25, -0.2) is 4.68 Å². The number of hydrogen-bond acceptors (Lipinski definition) is 3. The Labute approximate surface area is 128 Å². The van der Waals surface area contributed by atoms with Gasteiger partial charge in [0.15, 0.2) is 0 Å². The molecule has 22 heavy (non-hydrogen) atoms. The molecule has 0 spiro atoms. The molecule has 1 aromatic heterocycles. The second-order valence-corrected chi connectivity index (χ2v) is 5.60. The van der Waals surface area contributed by atoms with Crippen LogP contribution in [0.15, 0.2) is 30.3 Å². The van der Waals surface area contributed by atoms with E-state index in [1.165, 1.54) is 4.90 Å². The van der Waals surface area contributed by atoms with Gasteiger partial charge >= 0.3 is 5.97 Å². The Morgan fingerprint density at radius 1 is 1.23 bits per heavy atom. The number of carboxylic acid groups (broad SMARTS) is 1. The van der Waals surface area contributed by atoms with Crippen molar-refractivity contribution in [1.82, 2.24) is 9.78 Å². The van der Waals surface area contributed by atoms with Crippen LogP contribution in [-0.2, 0) is 9.59 Å². The first-order valence-corrected chi connectivity index (χ1v) is 7.12. The highest BCUT2D eigenvalue weighted by Gasteiger charge is 2.34. The SMILES string of the molecule is Cc1cc(C)n(-c2ccc(N3C[C@H](C(=O)O)CC3=O)cc2)n1. The Kier molecular flexibility index (Phi) is 3.44. The maximum Gasteiger partial charge on any atom is 0.308 e. The van der Waals surface area contributed by atoms with Gasteiger partial charge in [-0.1, -0.05) is 0 Å². The van der Waals surface area contributed by atoms with Crippen molar-refractivity contribution in [1.29, 1.82) is 0 Å². The zero-order valence-corrected chi connectivity index (χ0v) is 12.5. The summed E-state index contributed by atoms with van der Waals surface area (Å²) in [4.78, 5) is 24.5. The van der Waals surface area contributed by atoms with Crippen LogP contribution in [-0.4, -0.2) is 33.3 Å². The minimum Gasteiger partial charge on any atom is -0.481 e. The smallest absolute Gasteiger partial charge is 0.308 e. The van der Waals surface area contributed by atoms with E-state index in [0.29, 0.717) is 0 Å². The third-order valence-electron chi connectivity index (χ3n) is 3.89. The van der Waals surface area contributed by atoms with Gasteiger partial charge in [0.2, 0.25) is 5.91 Å². The summed E-state index contributed by atoms with van der Waals surface area (Å²) in [6.45, 7) is 4.15. The summed E-state index contributed by atoms with van der Waals surface area (Å²) in [5.74, 6) is -1.69. The summed E-state index contributed by atoms with van der Waals surface area (Å²) in [6, 6.07) is 9.42. The third kappa shape index (κ3) is 2.47. The van der Waals surface area contributed by atoms with Crippen molar-refractivity contribution in [2.75, 3.05) is 11.4 Å². The average molecular weight is 299 g/mol. The van der Waals surface area contributed by atoms with Gasteiger partial charge in [-0.05, 0) is 44.2 Å². The summed E-state index contributed by atoms with van der Waals surface area (Å²) >= 11 is 0. The molecule has 0 radical (unpaired) electrons. The molecule has 0 saturated carbocycles. The fourth-order valence-electron chi connectivity index (χ4n) is 2.79. The van der Waals surface area contributed by atoms with Crippen molar-refractivity contribution in [2.24, 2.45) is 5.92 Å². The monoisotopic (exact) mass is 299 g/mol. The number of carboxylic acids is 1. The first kappa shape index (κ1) is 14.3. The number of hydrogen-bond donors (Lipinski definition) is 1. The van der Waals surface area contributed by atoms with E-state index in [1.807, 2.05) is 48.9 Å². The van der Waals surface area contributed by atoms with E-state index in [-0.39, 0.29) is 18.9 Å². The number of benzene rings is 1. The van der Waals surface area contributed by atoms with Crippen LogP contribution >= 0.6 is 0 Å². The highest BCUT2D eigenvalue weighted by atomic mass is 16.4. The lowest BCUT2D eigenvalue weighted by molar-refractivity contribution is -0.141. The van der Waals surface area contributed by atoms with Crippen LogP contribution in [0.1, 0.15) is 17.8 Å². The third-order valence-corrected chi connectivity index (χ3v) is 3.89. The molecule has 1 fully saturated rings. The molecule has 6 nitrogen and oxygen atoms in total. The van der Waals surface area contributed by atoms with Crippen LogP contribution < -0.4 is 4.90 Å². The molecule has 6 heteroatoms. The number of aromatic nitrogens is 2. The number of rotatable bonds is 3. The zero-order chi connectivity index (χ0) is 15.9. The van der Waals surface area contributed by atoms with Crippen LogP contribution in [0.5, 0.6) is 0 Å². The summed E-state index contributed by atoms with van der Waals surface area (Å²) in [5, 5.41) is 13.4. The average Bonchev–Trinajstić information content (AvgIpc) is 3.02. The second kappa shape index (κ2) is 5.29. The molecule has 1 aliphatic heterocycles. The molecule has 3 rings (SSSR count). The molecule has 2 heterocycles. The lowest BCUT2D eigenvalue weighted by atomic mass is 10.1. The molecular formula is C16H17N3O3. The Hall–Kier alpha value is -2.63. The molecule has 1 amide bonds. The molecule has 1 saturated heterocycles. The van der Waals surface area contributed by atoms with E-state index in [2.05, 4.69) is 5.10 Å². The van der Waals surface area contributed by atoms with Crippen molar-refractivity contribution in [3.05, 3.63) is 41.7 Å². The number of anilines is 1. The van der Waals surface area contributed by atoms with Gasteiger partial charge in [0.1, 0.15) is 0 Å². The van der Waals surface area contributed by atoms with E-state index in [4.69, 9.17) is 5.11 Å². The Morgan fingerprint density at radius 2 is 1.86 bits per heavy atom. The summed E-state index contributed by atoms with van der Waals surface area (Å²) in [7, 11) is 0. The van der Waals surface area contributed by atoms with Crippen molar-refractivity contribution in [3.63, 3.8) is 0 Å². The van der Waals surface area contributed by atoms with Gasteiger partial charge in [0, 0.05) is 24.3 Å². The fourth-order valence-corrected chi connectivity index (χ4v) is 2.79. The minimum atomic E-state index is -0.921. The van der Waals surface area contributed by atoms with Crippen LogP contribution in [0.4, 0.5) is 5.69 Å². The van der Waals surface area contributed by atoms with E-state index in [1.54, 1.807) is 0 Å². The first-order valence-electron chi connectivity index (χ1n) is 7.12. The highest BCUT2D eigenvalue weighted by molar-refractivity contribution is 5.99. The standard InChI is InChI=1S/C16H17N3O3/c1-10-7-11(2)19(17-10)14-5-3-13(4-6-14)18-9-12(16(21)22)8-15(18)20/h3-7,12H,8-9H2,1-2H3,(H,21,22)/t12-/m1/s1. The molecule has 1 aromatic carbocycles. The molecule has 1 aliphatic rings. The molecule has 2 aromatic rings. The van der Waals surface area contributed by atoms with Gasteiger partial charge in [-0.15, -0.1) is 0 Å². The van der Waals surface area contributed by atoms with Gasteiger partial charge in [-0.2, -0.15) is 5.10 Å². The molecule has 1 N–H and O–H groups in total. The van der Waals surface area contributed by atoms with Crippen molar-refractivity contribution < 1.29 is 14.7 Å². The Bertz CT molecular complexity index is 734. The molecule has 0 unspecified atom stereocenters. The van der Waals surface area contributed by atoms with Crippen LogP contribution in [0.2, 0.25) is 0 Å². The zero-order valence-electron chi connectivity index (χ0n) is 12.5. The number of carbonyl (C=O) groups is 2. The summed E-state index contributed by atoms with van der Waals surface area (Å²) < 4.78 is 1.84. The van der Waals surface area contributed by atoms with Gasteiger partial charge in [-0.3, -0.25) is 9.59 Å². The van der Waals surface area contributed by atoms with Gasteiger partial charge < -0.3 is 10.0 Å². The quantitative estimate of drug-likeness (QED) is 0.939. The Balaban J connectivity index is 1.84. The number of nitrogens with zero attached hydrogens (tertiary/aromatic N) is 3. The lowest BCUT2D eigenvalue weighted by Crippen LogP contribution is -2.25. The number of aryl methyl sites for hydroxylation is 2. The largest absolute Gasteiger partial charge is 0.481 e. The van der Waals surface area contributed by atoms with E-state index in [0.717, 1.165) is 22.8 Å². The maximum absolute atomic E-state index is 11.9. The summed E-state index contributed by atoms with van der Waals surface area (Å²) in [5.41, 5.74) is 3.61. The van der Waals surface area contributed by atoms with Crippen LogP contribution in [0.3, 0.4) is 0 Å². The van der Waals surface area contributed by atoms with Gasteiger partial charge in [0.25, 0.3) is 0 Å². The van der Waals surface area contributed by atoms with Crippen LogP contribution in [0.25, 0.3) is 5.69 Å². The fraction of sp³-hybridized carbons (Fsp3) is 0.312. The number of aliphatic carboxylic acids is 1. The molecule has 114 valence electrons. The van der Waals surface area contributed by atoms with E-state index < -0.39 is 11.9 Å². The van der Waals surface area contributed by atoms with Crippen molar-refractivity contribution in [3.8, 4) is 5.69 Å². The highest BCUT2D eigenvalue weighted by Crippen LogP contribution is 2.26. The van der Waals surface area contributed by atoms with Gasteiger partial charge in [0.05, 0.1) is 17.3 Å². The topological polar surface area (TPSA) is 75.4 Å². The van der Waals surface area contributed by atoms with Crippen LogP contribution in [0, 0.1) is 19.8 Å². The lowest BCUT2D eigenvalue weighted by Gasteiger charge is -2.16. The molecule has 1 atom stereocenters. The predicted molar refractivity (Wildman–Crippen MR) is 81.1 cm³/mol. The van der Waals surface area contributed by atoms with E-state index >= 15 is 0 Å². The number of amides is 1. The van der Waals surface area contributed by atoms with Crippen molar-refractivity contribution in [2.45, 2.75) is 20.3 Å². The van der Waals surface area contributed by atoms with Crippen molar-refractivity contribution >= 4 is 17.6 Å². The summed E-state index contributed by atoms with van der Waals surface area (Å²) in [6.07, 6.45) is 0.0640. The first-order chi connectivity index (χ1) is 10.5.